The second-order valence-electron chi connectivity index (χ2n) is 7.90. The van der Waals surface area contributed by atoms with Crippen LogP contribution >= 0.6 is 11.3 Å². The lowest BCUT2D eigenvalue weighted by Crippen LogP contribution is -2.32. The van der Waals surface area contributed by atoms with E-state index in [1.165, 1.54) is 19.4 Å². The number of nitrogens with zero attached hydrogens (tertiary/aromatic N) is 3. The molecule has 9 nitrogen and oxygen atoms in total. The van der Waals surface area contributed by atoms with E-state index in [9.17, 15) is 18.3 Å². The Morgan fingerprint density at radius 3 is 2.85 bits per heavy atom. The van der Waals surface area contributed by atoms with E-state index in [2.05, 4.69) is 15.4 Å². The number of methoxy groups -OCH3 is 1. The lowest BCUT2D eigenvalue weighted by Gasteiger charge is -2.19. The minimum absolute atomic E-state index is 0.0214. The molecule has 3 aromatic rings. The lowest BCUT2D eigenvalue weighted by atomic mass is 10.0. The molecule has 1 aliphatic rings. The van der Waals surface area contributed by atoms with Gasteiger partial charge in [0.15, 0.2) is 17.9 Å². The van der Waals surface area contributed by atoms with Gasteiger partial charge in [-0.15, -0.1) is 0 Å². The highest BCUT2D eigenvalue weighted by Gasteiger charge is 2.30. The Morgan fingerprint density at radius 2 is 2.12 bits per heavy atom. The molecule has 1 aliphatic heterocycles. The maximum absolute atomic E-state index is 14.5. The number of nitrogens with two attached hydrogens (primary N) is 2. The first-order valence-electron chi connectivity index (χ1n) is 10.5. The summed E-state index contributed by atoms with van der Waals surface area (Å²) in [5.41, 5.74) is 12.7. The van der Waals surface area contributed by atoms with E-state index in [4.69, 9.17) is 20.9 Å². The average Bonchev–Trinajstić information content (AvgIpc) is 3.32. The number of alkyl halides is 1. The second kappa shape index (κ2) is 9.78. The van der Waals surface area contributed by atoms with Crippen LogP contribution in [-0.4, -0.2) is 45.8 Å². The molecule has 34 heavy (non-hydrogen) atoms. The Kier molecular flexibility index (Phi) is 6.98. The molecule has 0 amide bonds. The van der Waals surface area contributed by atoms with Crippen LogP contribution in [0.15, 0.2) is 18.3 Å². The number of hydrogen-bond donors (Lipinski definition) is 4. The van der Waals surface area contributed by atoms with Crippen molar-refractivity contribution in [2.45, 2.75) is 37.4 Å². The molecule has 4 atom stereocenters. The topological polar surface area (TPSA) is 133 Å². The molecule has 184 valence electrons. The van der Waals surface area contributed by atoms with E-state index < -0.39 is 36.2 Å². The molecular weight excluding hydrogens is 473 g/mol. The summed E-state index contributed by atoms with van der Waals surface area (Å²) in [5, 5.41) is 18.1. The Hall–Kier alpha value is -2.87. The summed E-state index contributed by atoms with van der Waals surface area (Å²) in [5.74, 6) is -2.12. The Bertz CT molecular complexity index is 1160. The summed E-state index contributed by atoms with van der Waals surface area (Å²) in [4.78, 5) is 4.24. The molecule has 0 aliphatic carbocycles. The SMILES string of the molecule is COc1ccc(F)c(F)c1-c1nc(C(O)Nc2cnn(C)c2[C@@H]2CC[C@@H](N)[C@@H](F)CO2)c(N)s1. The van der Waals surface area contributed by atoms with Crippen LogP contribution < -0.4 is 21.5 Å². The fourth-order valence-corrected chi connectivity index (χ4v) is 4.77. The monoisotopic (exact) mass is 498 g/mol. The van der Waals surface area contributed by atoms with Crippen LogP contribution in [0.3, 0.4) is 0 Å². The van der Waals surface area contributed by atoms with Crippen LogP contribution in [0.25, 0.3) is 10.6 Å². The highest BCUT2D eigenvalue weighted by atomic mass is 32.1. The lowest BCUT2D eigenvalue weighted by molar-refractivity contribution is 0.0246. The quantitative estimate of drug-likeness (QED) is 0.381. The number of aromatic nitrogens is 3. The van der Waals surface area contributed by atoms with Gasteiger partial charge in [-0.3, -0.25) is 4.68 Å². The van der Waals surface area contributed by atoms with Gasteiger partial charge in [-0.1, -0.05) is 11.3 Å². The smallest absolute Gasteiger partial charge is 0.172 e. The third-order valence-corrected chi connectivity index (χ3v) is 6.61. The molecule has 2 aromatic heterocycles. The predicted molar refractivity (Wildman–Crippen MR) is 121 cm³/mol. The van der Waals surface area contributed by atoms with Gasteiger partial charge in [-0.25, -0.2) is 18.2 Å². The van der Waals surface area contributed by atoms with Crippen LogP contribution in [-0.2, 0) is 11.8 Å². The molecule has 6 N–H and O–H groups in total. The number of halogens is 3. The fourth-order valence-electron chi connectivity index (χ4n) is 3.86. The van der Waals surface area contributed by atoms with E-state index >= 15 is 0 Å². The largest absolute Gasteiger partial charge is 0.496 e. The number of thiazole rings is 1. The zero-order chi connectivity index (χ0) is 24.6. The van der Waals surface area contributed by atoms with Crippen molar-refractivity contribution in [3.8, 4) is 16.3 Å². The summed E-state index contributed by atoms with van der Waals surface area (Å²) in [7, 11) is 3.02. The van der Waals surface area contributed by atoms with Gasteiger partial charge in [0, 0.05) is 13.1 Å². The van der Waals surface area contributed by atoms with Crippen molar-refractivity contribution in [2.75, 3.05) is 24.8 Å². The third-order valence-electron chi connectivity index (χ3n) is 5.70. The number of anilines is 2. The molecule has 0 bridgehead atoms. The number of nitrogens with one attached hydrogen (secondary N) is 1. The number of hydrogen-bond acceptors (Lipinski definition) is 9. The summed E-state index contributed by atoms with van der Waals surface area (Å²) in [6.45, 7) is -0.150. The minimum atomic E-state index is -1.41. The number of rotatable bonds is 6. The maximum Gasteiger partial charge on any atom is 0.172 e. The zero-order valence-corrected chi connectivity index (χ0v) is 19.3. The molecule has 0 saturated carbocycles. The van der Waals surface area contributed by atoms with Crippen molar-refractivity contribution >= 4 is 22.0 Å². The number of aliphatic hydroxyl groups excluding tert-OH is 1. The molecule has 13 heteroatoms. The van der Waals surface area contributed by atoms with Gasteiger partial charge in [0.1, 0.15) is 33.7 Å². The number of nitrogen functional groups attached to an aromatic ring is 1. The molecule has 0 spiro atoms. The summed E-state index contributed by atoms with van der Waals surface area (Å²) in [6.07, 6.45) is -0.803. The standard InChI is InChI=1S/C21H25F3N6O3S/c1-30-18(14-6-4-11(25)10(23)8-33-14)12(7-27-30)28-20(31)17-19(26)34-21(29-17)15-13(32-2)5-3-9(22)16(15)24/h3,5,7,10-11,14,20,28,31H,4,6,8,25-26H2,1-2H3/t10-,11+,14-,20?/m0/s1. The first-order chi connectivity index (χ1) is 16.2. The average molecular weight is 499 g/mol. The van der Waals surface area contributed by atoms with Crippen molar-refractivity contribution in [1.29, 1.82) is 0 Å². The number of aryl methyl sites for hydroxylation is 1. The van der Waals surface area contributed by atoms with E-state index in [1.807, 2.05) is 0 Å². The molecule has 4 rings (SSSR count). The number of ether oxygens (including phenoxy) is 2. The number of benzene rings is 1. The number of aliphatic hydroxyl groups is 1. The van der Waals surface area contributed by atoms with Gasteiger partial charge >= 0.3 is 0 Å². The molecule has 1 fully saturated rings. The van der Waals surface area contributed by atoms with Crippen molar-refractivity contribution in [3.63, 3.8) is 0 Å². The Balaban J connectivity index is 1.61. The first kappa shape index (κ1) is 24.3. The molecule has 1 aromatic carbocycles. The van der Waals surface area contributed by atoms with Gasteiger partial charge in [-0.2, -0.15) is 5.10 Å². The van der Waals surface area contributed by atoms with Gasteiger partial charge in [0.05, 0.1) is 36.9 Å². The molecule has 1 saturated heterocycles. The van der Waals surface area contributed by atoms with Crippen molar-refractivity contribution < 1.29 is 27.8 Å². The van der Waals surface area contributed by atoms with Crippen LogP contribution in [0.2, 0.25) is 0 Å². The van der Waals surface area contributed by atoms with E-state index in [0.717, 1.165) is 17.4 Å². The van der Waals surface area contributed by atoms with Crippen LogP contribution in [0.4, 0.5) is 23.9 Å². The summed E-state index contributed by atoms with van der Waals surface area (Å²) >= 11 is 0.878. The normalized spacial score (nSPS) is 21.8. The molecule has 0 radical (unpaired) electrons. The highest BCUT2D eigenvalue weighted by molar-refractivity contribution is 7.19. The van der Waals surface area contributed by atoms with Gasteiger partial charge in [-0.05, 0) is 25.0 Å². The van der Waals surface area contributed by atoms with E-state index in [1.54, 1.807) is 11.7 Å². The van der Waals surface area contributed by atoms with Crippen molar-refractivity contribution in [3.05, 3.63) is 41.4 Å². The van der Waals surface area contributed by atoms with Crippen LogP contribution in [0, 0.1) is 11.6 Å². The van der Waals surface area contributed by atoms with E-state index in [-0.39, 0.29) is 33.6 Å². The van der Waals surface area contributed by atoms with Crippen molar-refractivity contribution in [1.82, 2.24) is 14.8 Å². The van der Waals surface area contributed by atoms with Crippen LogP contribution in [0.5, 0.6) is 5.75 Å². The van der Waals surface area contributed by atoms with Gasteiger partial charge in [0.2, 0.25) is 0 Å². The Morgan fingerprint density at radius 1 is 1.35 bits per heavy atom. The maximum atomic E-state index is 14.5. The zero-order valence-electron chi connectivity index (χ0n) is 18.5. The molecular formula is C21H25F3N6O3S. The van der Waals surface area contributed by atoms with Gasteiger partial charge < -0.3 is 31.4 Å². The second-order valence-corrected chi connectivity index (χ2v) is 8.93. The third kappa shape index (κ3) is 4.56. The van der Waals surface area contributed by atoms with Gasteiger partial charge in [0.25, 0.3) is 0 Å². The summed E-state index contributed by atoms with van der Waals surface area (Å²) in [6, 6.07) is 1.61. The van der Waals surface area contributed by atoms with E-state index in [0.29, 0.717) is 24.2 Å². The van der Waals surface area contributed by atoms with Crippen molar-refractivity contribution in [2.24, 2.45) is 12.8 Å². The first-order valence-corrected chi connectivity index (χ1v) is 11.3. The Labute approximate surface area is 197 Å². The highest BCUT2D eigenvalue weighted by Crippen LogP contribution is 2.40. The van der Waals surface area contributed by atoms with Crippen LogP contribution in [0.1, 0.15) is 36.6 Å². The molecule has 3 heterocycles. The summed E-state index contributed by atoms with van der Waals surface area (Å²) < 4.78 is 54.7. The fraction of sp³-hybridized carbons (Fsp3) is 0.429. The molecule has 1 unspecified atom stereocenters. The minimum Gasteiger partial charge on any atom is -0.496 e. The predicted octanol–water partition coefficient (Wildman–Crippen LogP) is 3.03.